The van der Waals surface area contributed by atoms with E-state index in [2.05, 4.69) is 45.1 Å². The molecule has 0 fully saturated rings. The van der Waals surface area contributed by atoms with Crippen LogP contribution in [-0.4, -0.2) is 37.2 Å². The smallest absolute Gasteiger partial charge is 0.306 e. The number of esters is 3. The van der Waals surface area contributed by atoms with Gasteiger partial charge in [0.25, 0.3) is 0 Å². The van der Waals surface area contributed by atoms with Crippen molar-refractivity contribution in [2.75, 3.05) is 13.2 Å². The maximum atomic E-state index is 12.8. The van der Waals surface area contributed by atoms with E-state index in [9.17, 15) is 14.4 Å². The van der Waals surface area contributed by atoms with Crippen molar-refractivity contribution in [3.8, 4) is 0 Å². The van der Waals surface area contributed by atoms with Crippen molar-refractivity contribution in [1.29, 1.82) is 0 Å². The minimum Gasteiger partial charge on any atom is -0.462 e. The fraction of sp³-hybridized carbons (Fsp3) is 0.875. The Bertz CT molecular complexity index is 1000. The van der Waals surface area contributed by atoms with E-state index in [1.807, 2.05) is 0 Å². The third kappa shape index (κ3) is 48.9. The van der Waals surface area contributed by atoms with Crippen molar-refractivity contribution in [2.24, 2.45) is 0 Å². The summed E-state index contributed by atoms with van der Waals surface area (Å²) in [6.45, 7) is 6.64. The van der Waals surface area contributed by atoms with E-state index in [0.717, 1.165) is 64.2 Å². The van der Waals surface area contributed by atoms with Crippen LogP contribution in [0.2, 0.25) is 0 Å². The quantitative estimate of drug-likeness (QED) is 0.0262. The second kappa shape index (κ2) is 51.5. The Morgan fingerprint density at radius 3 is 0.887 bits per heavy atom. The fourth-order valence-corrected chi connectivity index (χ4v) is 8.06. The van der Waals surface area contributed by atoms with Gasteiger partial charge < -0.3 is 14.2 Å². The fourth-order valence-electron chi connectivity index (χ4n) is 8.06. The van der Waals surface area contributed by atoms with Crippen LogP contribution in [0.4, 0.5) is 0 Å². The summed E-state index contributed by atoms with van der Waals surface area (Å²) in [6, 6.07) is 0. The van der Waals surface area contributed by atoms with Crippen LogP contribution in [0.5, 0.6) is 0 Å². The summed E-state index contributed by atoms with van der Waals surface area (Å²) in [6.07, 6.45) is 58.9. The van der Waals surface area contributed by atoms with Crippen molar-refractivity contribution < 1.29 is 28.6 Å². The normalized spacial score (nSPS) is 12.1. The molecule has 62 heavy (non-hydrogen) atoms. The zero-order valence-corrected chi connectivity index (χ0v) is 41.7. The number of ether oxygens (including phenoxy) is 3. The molecular formula is C56H104O6. The van der Waals surface area contributed by atoms with Crippen LogP contribution in [0.25, 0.3) is 0 Å². The van der Waals surface area contributed by atoms with Gasteiger partial charge in [-0.2, -0.15) is 0 Å². The molecule has 0 aliphatic carbocycles. The predicted octanol–water partition coefficient (Wildman–Crippen LogP) is 17.9. The second-order valence-corrected chi connectivity index (χ2v) is 18.5. The molecule has 364 valence electrons. The van der Waals surface area contributed by atoms with Gasteiger partial charge in [-0.15, -0.1) is 0 Å². The van der Waals surface area contributed by atoms with Gasteiger partial charge in [0.05, 0.1) is 0 Å². The van der Waals surface area contributed by atoms with Crippen LogP contribution in [0, 0.1) is 0 Å². The van der Waals surface area contributed by atoms with Crippen LogP contribution in [0.3, 0.4) is 0 Å². The van der Waals surface area contributed by atoms with Crippen molar-refractivity contribution in [3.63, 3.8) is 0 Å². The second-order valence-electron chi connectivity index (χ2n) is 18.5. The number of hydrogen-bond acceptors (Lipinski definition) is 6. The number of carbonyl (C=O) groups excluding carboxylic acids is 3. The average Bonchev–Trinajstić information content (AvgIpc) is 3.27. The van der Waals surface area contributed by atoms with Gasteiger partial charge in [-0.1, -0.05) is 251 Å². The van der Waals surface area contributed by atoms with E-state index in [1.54, 1.807) is 0 Å². The maximum absolute atomic E-state index is 12.8. The standard InChI is InChI=1S/C56H104O6/c1-4-7-10-13-16-19-22-23-24-25-26-27-28-29-30-31-32-33-35-37-40-43-46-49-55(58)61-52-53(51-60-54(57)48-45-42-39-36-21-18-15-12-9-6-3)62-56(59)50-47-44-41-38-34-20-17-14-11-8-5-2/h22-23,25-26,53H,4-21,24,27-52H2,1-3H3/b23-22-,26-25-. The molecule has 0 radical (unpaired) electrons. The third-order valence-corrected chi connectivity index (χ3v) is 12.2. The molecule has 0 aromatic heterocycles. The molecule has 0 heterocycles. The Morgan fingerprint density at radius 2 is 0.581 bits per heavy atom. The number of allylic oxidation sites excluding steroid dienone is 4. The number of carbonyl (C=O) groups is 3. The van der Waals surface area contributed by atoms with Crippen LogP contribution in [0.1, 0.15) is 297 Å². The molecule has 0 bridgehead atoms. The maximum Gasteiger partial charge on any atom is 0.306 e. The van der Waals surface area contributed by atoms with E-state index in [0.29, 0.717) is 19.3 Å². The highest BCUT2D eigenvalue weighted by Gasteiger charge is 2.19. The van der Waals surface area contributed by atoms with Gasteiger partial charge >= 0.3 is 17.9 Å². The Morgan fingerprint density at radius 1 is 0.323 bits per heavy atom. The minimum absolute atomic E-state index is 0.0668. The first-order valence-electron chi connectivity index (χ1n) is 27.3. The SMILES string of the molecule is CCCCCCC/C=C\C/C=C\CCCCCCCCCCCCCC(=O)OCC(COC(=O)CCCCCCCCCCCC)OC(=O)CCCCCCCCCCCCC. The monoisotopic (exact) mass is 873 g/mol. The van der Waals surface area contributed by atoms with Crippen molar-refractivity contribution in [2.45, 2.75) is 303 Å². The van der Waals surface area contributed by atoms with E-state index < -0.39 is 6.10 Å². The zero-order valence-electron chi connectivity index (χ0n) is 41.7. The van der Waals surface area contributed by atoms with E-state index in [-0.39, 0.29) is 31.1 Å². The lowest BCUT2D eigenvalue weighted by molar-refractivity contribution is -0.167. The van der Waals surface area contributed by atoms with Crippen molar-refractivity contribution in [1.82, 2.24) is 0 Å². The summed E-state index contributed by atoms with van der Waals surface area (Å²) in [5, 5.41) is 0. The van der Waals surface area contributed by atoms with Gasteiger partial charge in [0.2, 0.25) is 0 Å². The van der Waals surface area contributed by atoms with Crippen molar-refractivity contribution >= 4 is 17.9 Å². The molecule has 0 amide bonds. The topological polar surface area (TPSA) is 78.9 Å². The van der Waals surface area contributed by atoms with Gasteiger partial charge in [0, 0.05) is 19.3 Å². The molecule has 1 unspecified atom stereocenters. The molecule has 6 heteroatoms. The first kappa shape index (κ1) is 59.9. The predicted molar refractivity (Wildman–Crippen MR) is 266 cm³/mol. The number of rotatable bonds is 50. The highest BCUT2D eigenvalue weighted by atomic mass is 16.6. The lowest BCUT2D eigenvalue weighted by atomic mass is 10.0. The van der Waals surface area contributed by atoms with E-state index in [1.165, 1.54) is 193 Å². The van der Waals surface area contributed by atoms with Gasteiger partial charge in [0.15, 0.2) is 6.10 Å². The van der Waals surface area contributed by atoms with Gasteiger partial charge in [0.1, 0.15) is 13.2 Å². The summed E-state index contributed by atoms with van der Waals surface area (Å²) in [5.74, 6) is -0.856. The summed E-state index contributed by atoms with van der Waals surface area (Å²) in [5.41, 5.74) is 0. The first-order chi connectivity index (χ1) is 30.5. The van der Waals surface area contributed by atoms with Crippen LogP contribution in [-0.2, 0) is 28.6 Å². The Kier molecular flexibility index (Phi) is 49.8. The molecule has 1 atom stereocenters. The molecule has 6 nitrogen and oxygen atoms in total. The van der Waals surface area contributed by atoms with Crippen LogP contribution < -0.4 is 0 Å². The van der Waals surface area contributed by atoms with Gasteiger partial charge in [-0.3, -0.25) is 14.4 Å². The lowest BCUT2D eigenvalue weighted by Crippen LogP contribution is -2.30. The number of hydrogen-bond donors (Lipinski definition) is 0. The first-order valence-corrected chi connectivity index (χ1v) is 27.3. The molecule has 0 saturated heterocycles. The molecule has 0 rings (SSSR count). The summed E-state index contributed by atoms with van der Waals surface area (Å²) in [4.78, 5) is 37.9. The van der Waals surface area contributed by atoms with E-state index >= 15 is 0 Å². The van der Waals surface area contributed by atoms with Gasteiger partial charge in [-0.05, 0) is 51.4 Å². The molecular weight excluding hydrogens is 769 g/mol. The molecule has 0 aromatic rings. The summed E-state index contributed by atoms with van der Waals surface area (Å²) in [7, 11) is 0. The number of unbranched alkanes of at least 4 members (excludes halogenated alkanes) is 35. The summed E-state index contributed by atoms with van der Waals surface area (Å²) < 4.78 is 16.8. The molecule has 0 saturated carbocycles. The minimum atomic E-state index is -0.764. The Hall–Kier alpha value is -2.11. The highest BCUT2D eigenvalue weighted by molar-refractivity contribution is 5.71. The Labute approximate surface area is 385 Å². The molecule has 0 spiro atoms. The van der Waals surface area contributed by atoms with Gasteiger partial charge in [-0.25, -0.2) is 0 Å². The lowest BCUT2D eigenvalue weighted by Gasteiger charge is -2.18. The average molecular weight is 873 g/mol. The van der Waals surface area contributed by atoms with Crippen LogP contribution in [0.15, 0.2) is 24.3 Å². The largest absolute Gasteiger partial charge is 0.462 e. The van der Waals surface area contributed by atoms with E-state index in [4.69, 9.17) is 14.2 Å². The molecule has 0 aliphatic rings. The third-order valence-electron chi connectivity index (χ3n) is 12.2. The summed E-state index contributed by atoms with van der Waals surface area (Å²) >= 11 is 0. The molecule has 0 aliphatic heterocycles. The Balaban J connectivity index is 4.18. The highest BCUT2D eigenvalue weighted by Crippen LogP contribution is 2.16. The zero-order chi connectivity index (χ0) is 45.1. The van der Waals surface area contributed by atoms with Crippen LogP contribution >= 0.6 is 0 Å². The van der Waals surface area contributed by atoms with Crippen molar-refractivity contribution in [3.05, 3.63) is 24.3 Å². The molecule has 0 aromatic carbocycles. The molecule has 0 N–H and O–H groups in total.